The van der Waals surface area contributed by atoms with Gasteiger partial charge >= 0.3 is 0 Å². The molecule has 148 valence electrons. The number of aryl methyl sites for hydroxylation is 2. The van der Waals surface area contributed by atoms with Crippen molar-refractivity contribution < 1.29 is 0 Å². The van der Waals surface area contributed by atoms with Crippen LogP contribution in [0.25, 0.3) is 22.3 Å². The third-order valence-electron chi connectivity index (χ3n) is 5.64. The van der Waals surface area contributed by atoms with Crippen molar-refractivity contribution >= 4 is 0 Å². The zero-order valence-corrected chi connectivity index (χ0v) is 17.7. The van der Waals surface area contributed by atoms with Crippen molar-refractivity contribution in [2.75, 3.05) is 0 Å². The van der Waals surface area contributed by atoms with Crippen LogP contribution < -0.4 is 0 Å². The van der Waals surface area contributed by atoms with Crippen molar-refractivity contribution in [1.82, 2.24) is 0 Å². The van der Waals surface area contributed by atoms with E-state index in [2.05, 4.69) is 62.4 Å². The summed E-state index contributed by atoms with van der Waals surface area (Å²) in [6.07, 6.45) is 0.878. The van der Waals surface area contributed by atoms with E-state index in [1.54, 1.807) is 0 Å². The second-order valence-electron chi connectivity index (χ2n) is 7.85. The molecule has 0 aliphatic heterocycles. The maximum absolute atomic E-state index is 8.99. The van der Waals surface area contributed by atoms with E-state index in [0.717, 1.165) is 17.5 Å². The second-order valence-corrected chi connectivity index (χ2v) is 7.85. The molecule has 0 N–H and O–H groups in total. The molecule has 0 fully saturated rings. The fourth-order valence-electron chi connectivity index (χ4n) is 4.00. The standard InChI is InChI=1S/C29H22N2/c1-20-15-24(7-13-28(20)26-9-3-22(18-30)4-10-26)17-25-8-14-29(21(2)16-25)27-11-5-23(19-31)6-12-27/h3-16H,17H2,1-2H3. The van der Waals surface area contributed by atoms with Gasteiger partial charge in [-0.3, -0.25) is 0 Å². The van der Waals surface area contributed by atoms with Gasteiger partial charge in [-0.2, -0.15) is 10.5 Å². The fraction of sp³-hybridized carbons (Fsp3) is 0.103. The highest BCUT2D eigenvalue weighted by atomic mass is 14.2. The van der Waals surface area contributed by atoms with E-state index in [-0.39, 0.29) is 0 Å². The van der Waals surface area contributed by atoms with Gasteiger partial charge in [-0.1, -0.05) is 60.7 Å². The van der Waals surface area contributed by atoms with Crippen LogP contribution in [0, 0.1) is 36.5 Å². The van der Waals surface area contributed by atoms with E-state index in [9.17, 15) is 0 Å². The molecule has 0 heterocycles. The summed E-state index contributed by atoms with van der Waals surface area (Å²) in [6.45, 7) is 4.27. The van der Waals surface area contributed by atoms with Crippen LogP contribution in [0.4, 0.5) is 0 Å². The average Bonchev–Trinajstić information content (AvgIpc) is 2.80. The number of rotatable bonds is 4. The lowest BCUT2D eigenvalue weighted by Gasteiger charge is -2.12. The highest BCUT2D eigenvalue weighted by Gasteiger charge is 2.07. The molecule has 31 heavy (non-hydrogen) atoms. The van der Waals surface area contributed by atoms with Gasteiger partial charge in [-0.15, -0.1) is 0 Å². The Morgan fingerprint density at radius 3 is 1.26 bits per heavy atom. The molecule has 0 atom stereocenters. The molecular formula is C29H22N2. The van der Waals surface area contributed by atoms with E-state index >= 15 is 0 Å². The fourth-order valence-corrected chi connectivity index (χ4v) is 4.00. The highest BCUT2D eigenvalue weighted by Crippen LogP contribution is 2.28. The van der Waals surface area contributed by atoms with Gasteiger partial charge in [0.25, 0.3) is 0 Å². The van der Waals surface area contributed by atoms with E-state index in [0.29, 0.717) is 11.1 Å². The first-order valence-electron chi connectivity index (χ1n) is 10.3. The van der Waals surface area contributed by atoms with Crippen LogP contribution in [-0.2, 0) is 6.42 Å². The SMILES string of the molecule is Cc1cc(Cc2ccc(-c3ccc(C#N)cc3)c(C)c2)ccc1-c1ccc(C#N)cc1. The van der Waals surface area contributed by atoms with E-state index in [1.165, 1.54) is 33.4 Å². The Balaban J connectivity index is 1.55. The Morgan fingerprint density at radius 2 is 0.935 bits per heavy atom. The van der Waals surface area contributed by atoms with Gasteiger partial charge in [0.1, 0.15) is 0 Å². The van der Waals surface area contributed by atoms with Gasteiger partial charge in [0.15, 0.2) is 0 Å². The van der Waals surface area contributed by atoms with E-state index < -0.39 is 0 Å². The van der Waals surface area contributed by atoms with Crippen LogP contribution >= 0.6 is 0 Å². The van der Waals surface area contributed by atoms with E-state index in [1.807, 2.05) is 48.5 Å². The van der Waals surface area contributed by atoms with Crippen molar-refractivity contribution in [2.45, 2.75) is 20.3 Å². The van der Waals surface area contributed by atoms with Crippen molar-refractivity contribution in [3.05, 3.63) is 118 Å². The molecule has 0 aromatic heterocycles. The summed E-state index contributed by atoms with van der Waals surface area (Å²) < 4.78 is 0. The number of nitrogens with zero attached hydrogens (tertiary/aromatic N) is 2. The van der Waals surface area contributed by atoms with Crippen molar-refractivity contribution in [3.63, 3.8) is 0 Å². The predicted octanol–water partition coefficient (Wildman–Crippen LogP) is 6.97. The predicted molar refractivity (Wildman–Crippen MR) is 125 cm³/mol. The van der Waals surface area contributed by atoms with Gasteiger partial charge in [-0.25, -0.2) is 0 Å². The lowest BCUT2D eigenvalue weighted by molar-refractivity contribution is 1.17. The number of hydrogen-bond donors (Lipinski definition) is 0. The van der Waals surface area contributed by atoms with Gasteiger partial charge in [0, 0.05) is 0 Å². The molecule has 4 aromatic carbocycles. The summed E-state index contributed by atoms with van der Waals surface area (Å²) in [5.74, 6) is 0. The average molecular weight is 399 g/mol. The summed E-state index contributed by atoms with van der Waals surface area (Å²) >= 11 is 0. The summed E-state index contributed by atoms with van der Waals surface area (Å²) in [6, 6.07) is 33.0. The molecule has 0 aliphatic carbocycles. The van der Waals surface area contributed by atoms with Crippen LogP contribution in [0.1, 0.15) is 33.4 Å². The lowest BCUT2D eigenvalue weighted by Crippen LogP contribution is -1.93. The zero-order valence-electron chi connectivity index (χ0n) is 17.7. The van der Waals surface area contributed by atoms with Gasteiger partial charge < -0.3 is 0 Å². The first-order valence-corrected chi connectivity index (χ1v) is 10.3. The molecule has 2 nitrogen and oxygen atoms in total. The molecule has 2 heteroatoms. The Morgan fingerprint density at radius 1 is 0.548 bits per heavy atom. The Hall–Kier alpha value is -4.14. The third-order valence-corrected chi connectivity index (χ3v) is 5.64. The molecule has 0 spiro atoms. The monoisotopic (exact) mass is 398 g/mol. The van der Waals surface area contributed by atoms with Crippen molar-refractivity contribution in [3.8, 4) is 34.4 Å². The van der Waals surface area contributed by atoms with Gasteiger partial charge in [0.2, 0.25) is 0 Å². The molecule has 0 aliphatic rings. The molecular weight excluding hydrogens is 376 g/mol. The molecule has 0 radical (unpaired) electrons. The zero-order chi connectivity index (χ0) is 21.8. The largest absolute Gasteiger partial charge is 0.192 e. The first kappa shape index (κ1) is 20.1. The highest BCUT2D eigenvalue weighted by molar-refractivity contribution is 5.69. The molecule has 0 unspecified atom stereocenters. The third kappa shape index (κ3) is 4.40. The Kier molecular flexibility index (Phi) is 5.65. The molecule has 0 amide bonds. The Bertz CT molecular complexity index is 1210. The minimum atomic E-state index is 0.679. The van der Waals surface area contributed by atoms with Crippen LogP contribution in [0.2, 0.25) is 0 Å². The number of benzene rings is 4. The van der Waals surface area contributed by atoms with E-state index in [4.69, 9.17) is 10.5 Å². The molecule has 4 aromatic rings. The minimum absolute atomic E-state index is 0.679. The first-order chi connectivity index (χ1) is 15.1. The Labute approximate surface area is 183 Å². The quantitative estimate of drug-likeness (QED) is 0.372. The minimum Gasteiger partial charge on any atom is -0.192 e. The molecule has 0 bridgehead atoms. The van der Waals surface area contributed by atoms with Crippen molar-refractivity contribution in [1.29, 1.82) is 10.5 Å². The molecule has 0 saturated carbocycles. The van der Waals surface area contributed by atoms with Crippen LogP contribution in [-0.4, -0.2) is 0 Å². The van der Waals surface area contributed by atoms with Crippen LogP contribution in [0.15, 0.2) is 84.9 Å². The second kappa shape index (κ2) is 8.70. The maximum Gasteiger partial charge on any atom is 0.0991 e. The normalized spacial score (nSPS) is 10.3. The summed E-state index contributed by atoms with van der Waals surface area (Å²) in [7, 11) is 0. The smallest absolute Gasteiger partial charge is 0.0991 e. The summed E-state index contributed by atoms with van der Waals surface area (Å²) in [5.41, 5.74) is 11.0. The topological polar surface area (TPSA) is 47.6 Å². The molecule has 4 rings (SSSR count). The van der Waals surface area contributed by atoms with Crippen LogP contribution in [0.5, 0.6) is 0 Å². The van der Waals surface area contributed by atoms with Crippen molar-refractivity contribution in [2.24, 2.45) is 0 Å². The van der Waals surface area contributed by atoms with Crippen LogP contribution in [0.3, 0.4) is 0 Å². The summed E-state index contributed by atoms with van der Waals surface area (Å²) in [4.78, 5) is 0. The maximum atomic E-state index is 8.99. The van der Waals surface area contributed by atoms with Gasteiger partial charge in [0.05, 0.1) is 23.3 Å². The van der Waals surface area contributed by atoms with Gasteiger partial charge in [-0.05, 0) is 89.0 Å². The number of nitriles is 2. The lowest BCUT2D eigenvalue weighted by atomic mass is 9.93. The number of hydrogen-bond acceptors (Lipinski definition) is 2. The molecule has 0 saturated heterocycles. The summed E-state index contributed by atoms with van der Waals surface area (Å²) in [5, 5.41) is 18.0.